The van der Waals surface area contributed by atoms with E-state index in [1.165, 1.54) is 31.2 Å². The zero-order valence-corrected chi connectivity index (χ0v) is 23.1. The van der Waals surface area contributed by atoms with Gasteiger partial charge in [0.05, 0.1) is 31.0 Å². The van der Waals surface area contributed by atoms with Crippen molar-refractivity contribution in [3.63, 3.8) is 0 Å². The minimum absolute atomic E-state index is 0.0171. The maximum absolute atomic E-state index is 11.6. The van der Waals surface area contributed by atoms with Gasteiger partial charge < -0.3 is 24.4 Å². The minimum atomic E-state index is -0.624. The van der Waals surface area contributed by atoms with Crippen LogP contribution in [0.2, 0.25) is 0 Å². The number of carbonyl (C=O) groups is 2. The molecule has 212 valence electrons. The van der Waals surface area contributed by atoms with E-state index < -0.39 is 25.2 Å². The van der Waals surface area contributed by atoms with Crippen molar-refractivity contribution in [2.45, 2.75) is 58.3 Å². The number of carbonyl (C=O) groups excluding carboxylic acids is 2. The largest absolute Gasteiger partial charge is 0.490 e. The molecule has 0 aliphatic rings. The van der Waals surface area contributed by atoms with Gasteiger partial charge in [0.25, 0.3) is 0 Å². The highest BCUT2D eigenvalue weighted by molar-refractivity contribution is 5.88. The van der Waals surface area contributed by atoms with Crippen LogP contribution in [0.25, 0.3) is 11.1 Å². The van der Waals surface area contributed by atoms with Crippen LogP contribution in [0.4, 0.5) is 0 Å². The lowest BCUT2D eigenvalue weighted by Gasteiger charge is -2.14. The fourth-order valence-corrected chi connectivity index (χ4v) is 3.99. The molecule has 0 aliphatic carbocycles. The quantitative estimate of drug-likeness (QED) is 0.141. The lowest BCUT2D eigenvalue weighted by molar-refractivity contribution is -0.140. The first-order valence-electron chi connectivity index (χ1n) is 13.7. The highest BCUT2D eigenvalue weighted by atomic mass is 16.6. The van der Waals surface area contributed by atoms with Gasteiger partial charge in [-0.25, -0.2) is 9.59 Å². The van der Waals surface area contributed by atoms with Crippen LogP contribution >= 0.6 is 0 Å². The molecular formula is C32H42O7. The molecule has 2 N–H and O–H groups in total. The molecule has 7 heteroatoms. The lowest BCUT2D eigenvalue weighted by Crippen LogP contribution is -2.15. The molecule has 2 rings (SSSR count). The average Bonchev–Trinajstić information content (AvgIpc) is 2.96. The molecule has 0 aliphatic heterocycles. The lowest BCUT2D eigenvalue weighted by atomic mass is 9.94. The molecule has 0 heterocycles. The van der Waals surface area contributed by atoms with Gasteiger partial charge in [-0.2, -0.15) is 0 Å². The first kappa shape index (κ1) is 31.8. The van der Waals surface area contributed by atoms with Crippen molar-refractivity contribution in [3.05, 3.63) is 77.9 Å². The van der Waals surface area contributed by atoms with Gasteiger partial charge in [-0.05, 0) is 60.1 Å². The van der Waals surface area contributed by atoms with Gasteiger partial charge in [-0.3, -0.25) is 0 Å². The van der Waals surface area contributed by atoms with Crippen molar-refractivity contribution < 1.29 is 34.0 Å². The molecule has 7 nitrogen and oxygen atoms in total. The van der Waals surface area contributed by atoms with E-state index in [9.17, 15) is 9.59 Å². The van der Waals surface area contributed by atoms with Gasteiger partial charge in [0.1, 0.15) is 19.0 Å². The summed E-state index contributed by atoms with van der Waals surface area (Å²) in [5, 5.41) is 17.9. The van der Waals surface area contributed by atoms with Crippen LogP contribution in [0.5, 0.6) is 5.75 Å². The molecule has 2 aromatic carbocycles. The van der Waals surface area contributed by atoms with Crippen LogP contribution in [0, 0.1) is 0 Å². The van der Waals surface area contributed by atoms with Crippen molar-refractivity contribution in [2.75, 3.05) is 33.0 Å². The topological polar surface area (TPSA) is 102 Å². The number of hydrogen-bond acceptors (Lipinski definition) is 7. The normalized spacial score (nSPS) is 10.6. The molecule has 0 aromatic heterocycles. The minimum Gasteiger partial charge on any atom is -0.490 e. The van der Waals surface area contributed by atoms with E-state index >= 15 is 0 Å². The Morgan fingerprint density at radius 2 is 1.38 bits per heavy atom. The third-order valence-corrected chi connectivity index (χ3v) is 6.28. The zero-order valence-electron chi connectivity index (χ0n) is 23.1. The third-order valence-electron chi connectivity index (χ3n) is 6.28. The molecule has 0 saturated carbocycles. The number of benzene rings is 2. The van der Waals surface area contributed by atoms with Gasteiger partial charge in [0, 0.05) is 0 Å². The van der Waals surface area contributed by atoms with Crippen LogP contribution in [-0.2, 0) is 31.9 Å². The summed E-state index contributed by atoms with van der Waals surface area (Å²) in [5.74, 6) is -0.466. The van der Waals surface area contributed by atoms with E-state index in [4.69, 9.17) is 24.4 Å². The van der Waals surface area contributed by atoms with Crippen LogP contribution in [0.1, 0.15) is 56.6 Å². The van der Waals surface area contributed by atoms with E-state index in [1.807, 2.05) is 6.07 Å². The highest BCUT2D eigenvalue weighted by Gasteiger charge is 2.10. The third kappa shape index (κ3) is 11.5. The van der Waals surface area contributed by atoms with Crippen LogP contribution < -0.4 is 4.74 Å². The molecule has 0 atom stereocenters. The van der Waals surface area contributed by atoms with Crippen molar-refractivity contribution in [1.29, 1.82) is 0 Å². The first-order valence-corrected chi connectivity index (χ1v) is 13.7. The maximum Gasteiger partial charge on any atom is 0.335 e. The van der Waals surface area contributed by atoms with Crippen molar-refractivity contribution in [3.8, 4) is 16.9 Å². The Balaban J connectivity index is 2.01. The first-order chi connectivity index (χ1) is 18.9. The van der Waals surface area contributed by atoms with Gasteiger partial charge in [0.15, 0.2) is 0 Å². The smallest absolute Gasteiger partial charge is 0.335 e. The van der Waals surface area contributed by atoms with E-state index in [0.717, 1.165) is 41.7 Å². The fraction of sp³-hybridized carbons (Fsp3) is 0.438. The second kappa shape index (κ2) is 18.0. The van der Waals surface area contributed by atoms with Crippen molar-refractivity contribution >= 4 is 11.9 Å². The molecule has 0 radical (unpaired) electrons. The average molecular weight is 539 g/mol. The summed E-state index contributed by atoms with van der Waals surface area (Å²) in [7, 11) is 0. The van der Waals surface area contributed by atoms with Crippen molar-refractivity contribution in [2.24, 2.45) is 0 Å². The van der Waals surface area contributed by atoms with Crippen molar-refractivity contribution in [1.82, 2.24) is 0 Å². The monoisotopic (exact) mass is 538 g/mol. The summed E-state index contributed by atoms with van der Waals surface area (Å²) in [6.45, 7) is 8.85. The number of rotatable bonds is 19. The van der Waals surface area contributed by atoms with Crippen LogP contribution in [0.15, 0.2) is 66.8 Å². The van der Waals surface area contributed by atoms with E-state index in [1.54, 1.807) is 0 Å². The Kier molecular flexibility index (Phi) is 14.7. The summed E-state index contributed by atoms with van der Waals surface area (Å²) in [5.41, 5.74) is 4.71. The molecule has 2 aromatic rings. The van der Waals surface area contributed by atoms with E-state index in [2.05, 4.69) is 56.5 Å². The number of esters is 2. The number of aliphatic hydroxyl groups excluding tert-OH is 2. The molecule has 0 fully saturated rings. The summed E-state index contributed by atoms with van der Waals surface area (Å²) in [6.07, 6.45) is 8.34. The summed E-state index contributed by atoms with van der Waals surface area (Å²) in [6, 6.07) is 14.5. The highest BCUT2D eigenvalue weighted by Crippen LogP contribution is 2.29. The molecule has 0 saturated heterocycles. The van der Waals surface area contributed by atoms with E-state index in [-0.39, 0.29) is 31.0 Å². The van der Waals surface area contributed by atoms with Gasteiger partial charge in [-0.15, -0.1) is 0 Å². The number of hydrogen-bond donors (Lipinski definition) is 2. The van der Waals surface area contributed by atoms with Crippen LogP contribution in [0.3, 0.4) is 0 Å². The Morgan fingerprint density at radius 1 is 0.744 bits per heavy atom. The summed E-state index contributed by atoms with van der Waals surface area (Å²) in [4.78, 5) is 23.2. The summed E-state index contributed by atoms with van der Waals surface area (Å²) < 4.78 is 16.0. The van der Waals surface area contributed by atoms with Gasteiger partial charge >= 0.3 is 11.9 Å². The summed E-state index contributed by atoms with van der Waals surface area (Å²) >= 11 is 0. The second-order valence-corrected chi connectivity index (χ2v) is 9.43. The molecule has 0 unspecified atom stereocenters. The Labute approximate surface area is 232 Å². The van der Waals surface area contributed by atoms with Gasteiger partial charge in [-0.1, -0.05) is 76.1 Å². The second-order valence-electron chi connectivity index (χ2n) is 9.43. The van der Waals surface area contributed by atoms with Gasteiger partial charge in [0.2, 0.25) is 0 Å². The Hall–Kier alpha value is -3.42. The zero-order chi connectivity index (χ0) is 28.5. The maximum atomic E-state index is 11.6. The molecule has 0 bridgehead atoms. The molecule has 0 amide bonds. The predicted octanol–water partition coefficient (Wildman–Crippen LogP) is 5.36. The van der Waals surface area contributed by atoms with E-state index in [0.29, 0.717) is 6.42 Å². The molecule has 39 heavy (non-hydrogen) atoms. The Bertz CT molecular complexity index is 1070. The fourth-order valence-electron chi connectivity index (χ4n) is 3.99. The standard InChI is InChI=1S/C32H42O7/c1-4-5-6-7-8-11-28-21-29(37-19-20-39-32(36)25(3)23-34)16-17-30(28)27-14-12-26(13-15-27)10-9-18-38-31(35)24(2)22-33/h12-17,21,33-34H,2-11,18-20,22-23H2,1H3. The number of ether oxygens (including phenoxy) is 3. The number of aliphatic hydroxyl groups is 2. The molecule has 0 spiro atoms. The number of unbranched alkanes of at least 4 members (excludes halogenated alkanes) is 4. The number of aryl methyl sites for hydroxylation is 2. The predicted molar refractivity (Wildman–Crippen MR) is 153 cm³/mol. The van der Waals surface area contributed by atoms with Crippen LogP contribution in [-0.4, -0.2) is 55.2 Å². The SMILES string of the molecule is C=C(CO)C(=O)OCCCc1ccc(-c2ccc(OCCOC(=O)C(=C)CO)cc2CCCCCCC)cc1. The molecular weight excluding hydrogens is 496 g/mol. The Morgan fingerprint density at radius 3 is 2.03 bits per heavy atom.